The van der Waals surface area contributed by atoms with E-state index in [1.54, 1.807) is 4.68 Å². The third-order valence-corrected chi connectivity index (χ3v) is 9.00. The number of benzene rings is 3. The van der Waals surface area contributed by atoms with Crippen molar-refractivity contribution < 1.29 is 9.59 Å². The van der Waals surface area contributed by atoms with Crippen LogP contribution in [-0.4, -0.2) is 49.7 Å². The predicted molar refractivity (Wildman–Crippen MR) is 200 cm³/mol. The van der Waals surface area contributed by atoms with Crippen LogP contribution in [0.5, 0.6) is 0 Å². The van der Waals surface area contributed by atoms with Gasteiger partial charge in [-0.2, -0.15) is 5.10 Å². The van der Waals surface area contributed by atoms with E-state index in [0.29, 0.717) is 42.0 Å². The molecule has 5 aromatic rings. The Kier molecular flexibility index (Phi) is 9.99. The average Bonchev–Trinajstić information content (AvgIpc) is 3.49. The normalized spacial score (nSPS) is 13.6. The molecule has 0 spiro atoms. The van der Waals surface area contributed by atoms with Crippen molar-refractivity contribution in [2.45, 2.75) is 66.2 Å². The Hall–Kier alpha value is -5.51. The Morgan fingerprint density at radius 1 is 0.820 bits per heavy atom. The first-order chi connectivity index (χ1) is 23.9. The lowest BCUT2D eigenvalue weighted by molar-refractivity contribution is 0.0691. The van der Waals surface area contributed by atoms with E-state index >= 15 is 0 Å². The first-order valence-electron chi connectivity index (χ1n) is 17.2. The molecule has 0 bridgehead atoms. The lowest BCUT2D eigenvalue weighted by Gasteiger charge is -2.32. The maximum Gasteiger partial charge on any atom is 0.324 e. The number of aromatic nitrogens is 4. The van der Waals surface area contributed by atoms with Gasteiger partial charge in [0.15, 0.2) is 0 Å². The molecule has 1 fully saturated rings. The number of rotatable bonds is 8. The first kappa shape index (κ1) is 34.4. The Balaban J connectivity index is 1.06. The summed E-state index contributed by atoms with van der Waals surface area (Å²) >= 11 is 0. The van der Waals surface area contributed by atoms with Crippen molar-refractivity contribution >= 4 is 35.1 Å². The lowest BCUT2D eigenvalue weighted by atomic mass is 9.89. The van der Waals surface area contributed by atoms with Crippen LogP contribution in [0.25, 0.3) is 5.69 Å². The van der Waals surface area contributed by atoms with Crippen LogP contribution < -0.4 is 16.0 Å². The third-order valence-electron chi connectivity index (χ3n) is 9.00. The van der Waals surface area contributed by atoms with E-state index in [1.165, 1.54) is 0 Å². The summed E-state index contributed by atoms with van der Waals surface area (Å²) in [6.07, 6.45) is 2.67. The molecule has 50 heavy (non-hydrogen) atoms. The first-order valence-corrected chi connectivity index (χ1v) is 17.2. The molecular formula is C40H46N8O2. The van der Waals surface area contributed by atoms with Crippen molar-refractivity contribution in [1.29, 1.82) is 0 Å². The molecule has 3 amide bonds. The van der Waals surface area contributed by atoms with Crippen molar-refractivity contribution in [2.75, 3.05) is 29.0 Å². The summed E-state index contributed by atoms with van der Waals surface area (Å²) in [6, 6.07) is 27.1. The summed E-state index contributed by atoms with van der Waals surface area (Å²) in [5, 5.41) is 14.1. The highest BCUT2D eigenvalue weighted by Gasteiger charge is 2.26. The number of nitrogens with one attached hydrogen (secondary N) is 3. The van der Waals surface area contributed by atoms with Crippen LogP contribution in [-0.2, 0) is 11.8 Å². The molecule has 3 heterocycles. The number of amides is 3. The number of aryl methyl sites for hydroxylation is 3. The van der Waals surface area contributed by atoms with Gasteiger partial charge in [-0.25, -0.2) is 19.4 Å². The van der Waals surface area contributed by atoms with Crippen molar-refractivity contribution in [1.82, 2.24) is 24.6 Å². The zero-order valence-corrected chi connectivity index (χ0v) is 29.7. The van der Waals surface area contributed by atoms with Gasteiger partial charge in [0.1, 0.15) is 5.82 Å². The van der Waals surface area contributed by atoms with Crippen LogP contribution in [0.3, 0.4) is 0 Å². The standard InChI is InChI=1S/C40H46N8O2/c1-26-14-16-32(17-15-26)48-36(25-35(46-48)40(4,5)6)45-39(50)43-31-11-9-10-30(24-31)23-29-18-20-47(21-19-29)37(49)33-12-7-8-13-34(33)44-38-41-27(2)22-28(3)42-38/h7-17,22,24-25,29H,18-21,23H2,1-6H3,(H,41,42,44)(H2,43,45,50). The molecule has 258 valence electrons. The topological polar surface area (TPSA) is 117 Å². The molecule has 1 aliphatic heterocycles. The van der Waals surface area contributed by atoms with Crippen LogP contribution in [0.4, 0.5) is 27.9 Å². The fourth-order valence-electron chi connectivity index (χ4n) is 6.30. The van der Waals surface area contributed by atoms with E-state index in [9.17, 15) is 9.59 Å². The van der Waals surface area contributed by atoms with Crippen molar-refractivity contribution in [2.24, 2.45) is 5.92 Å². The summed E-state index contributed by atoms with van der Waals surface area (Å²) in [5.41, 5.74) is 7.66. The molecule has 0 radical (unpaired) electrons. The van der Waals surface area contributed by atoms with Gasteiger partial charge in [0.25, 0.3) is 5.91 Å². The minimum absolute atomic E-state index is 0.00600. The van der Waals surface area contributed by atoms with Gasteiger partial charge in [0, 0.05) is 41.6 Å². The second kappa shape index (κ2) is 14.5. The monoisotopic (exact) mass is 670 g/mol. The highest BCUT2D eigenvalue weighted by molar-refractivity contribution is 6.00. The maximum absolute atomic E-state index is 13.6. The maximum atomic E-state index is 13.6. The molecule has 10 nitrogen and oxygen atoms in total. The molecule has 6 rings (SSSR count). The summed E-state index contributed by atoms with van der Waals surface area (Å²) < 4.78 is 1.78. The Morgan fingerprint density at radius 3 is 2.22 bits per heavy atom. The molecule has 0 unspecified atom stereocenters. The molecule has 2 aromatic heterocycles. The van der Waals surface area contributed by atoms with Gasteiger partial charge < -0.3 is 15.5 Å². The van der Waals surface area contributed by atoms with Crippen molar-refractivity contribution in [3.8, 4) is 5.69 Å². The fourth-order valence-corrected chi connectivity index (χ4v) is 6.30. The van der Waals surface area contributed by atoms with Gasteiger partial charge >= 0.3 is 6.03 Å². The van der Waals surface area contributed by atoms with E-state index < -0.39 is 0 Å². The molecule has 3 N–H and O–H groups in total. The third kappa shape index (κ3) is 8.37. The number of hydrogen-bond donors (Lipinski definition) is 3. The smallest absolute Gasteiger partial charge is 0.324 e. The van der Waals surface area contributed by atoms with Gasteiger partial charge in [-0.1, -0.05) is 62.7 Å². The van der Waals surface area contributed by atoms with Gasteiger partial charge in [-0.05, 0) is 94.0 Å². The predicted octanol–water partition coefficient (Wildman–Crippen LogP) is 8.37. The van der Waals surface area contributed by atoms with Crippen LogP contribution in [0, 0.1) is 26.7 Å². The lowest BCUT2D eigenvalue weighted by Crippen LogP contribution is -2.39. The van der Waals surface area contributed by atoms with E-state index in [-0.39, 0.29) is 17.4 Å². The van der Waals surface area contributed by atoms with E-state index in [1.807, 2.05) is 105 Å². The van der Waals surface area contributed by atoms with Gasteiger partial charge in [0.05, 0.1) is 22.6 Å². The second-order valence-electron chi connectivity index (χ2n) is 14.3. The quantitative estimate of drug-likeness (QED) is 0.153. The van der Waals surface area contributed by atoms with Gasteiger partial charge in [-0.3, -0.25) is 10.1 Å². The summed E-state index contributed by atoms with van der Waals surface area (Å²) in [5.74, 6) is 1.52. The van der Waals surface area contributed by atoms with Crippen LogP contribution in [0.2, 0.25) is 0 Å². The molecule has 0 atom stereocenters. The zero-order valence-electron chi connectivity index (χ0n) is 29.7. The number of urea groups is 1. The molecular weight excluding hydrogens is 624 g/mol. The molecule has 3 aromatic carbocycles. The van der Waals surface area contributed by atoms with E-state index in [0.717, 1.165) is 58.8 Å². The van der Waals surface area contributed by atoms with Crippen molar-refractivity contribution in [3.63, 3.8) is 0 Å². The second-order valence-corrected chi connectivity index (χ2v) is 14.3. The minimum atomic E-state index is -0.332. The number of carbonyl (C=O) groups is 2. The summed E-state index contributed by atoms with van der Waals surface area (Å²) in [7, 11) is 0. The van der Waals surface area contributed by atoms with Gasteiger partial charge in [0.2, 0.25) is 5.95 Å². The summed E-state index contributed by atoms with van der Waals surface area (Å²) in [4.78, 5) is 37.8. The number of piperidine rings is 1. The molecule has 0 saturated carbocycles. The number of carbonyl (C=O) groups excluding carboxylic acids is 2. The molecule has 0 aliphatic carbocycles. The number of likely N-dealkylation sites (tertiary alicyclic amines) is 1. The van der Waals surface area contributed by atoms with Crippen LogP contribution in [0.1, 0.15) is 72.2 Å². The highest BCUT2D eigenvalue weighted by atomic mass is 16.2. The van der Waals surface area contributed by atoms with E-state index in [4.69, 9.17) is 5.10 Å². The molecule has 1 aliphatic rings. The Labute approximate surface area is 294 Å². The fraction of sp³-hybridized carbons (Fsp3) is 0.325. The molecule has 1 saturated heterocycles. The van der Waals surface area contributed by atoms with Gasteiger partial charge in [-0.15, -0.1) is 0 Å². The molecule has 10 heteroatoms. The summed E-state index contributed by atoms with van der Waals surface area (Å²) in [6.45, 7) is 13.6. The highest BCUT2D eigenvalue weighted by Crippen LogP contribution is 2.29. The van der Waals surface area contributed by atoms with E-state index in [2.05, 4.69) is 52.8 Å². The number of hydrogen-bond acceptors (Lipinski definition) is 6. The average molecular weight is 671 g/mol. The van der Waals surface area contributed by atoms with Crippen molar-refractivity contribution in [3.05, 3.63) is 119 Å². The Bertz CT molecular complexity index is 1970. The van der Waals surface area contributed by atoms with Crippen LogP contribution in [0.15, 0.2) is 84.9 Å². The zero-order chi connectivity index (χ0) is 35.4. The SMILES string of the molecule is Cc1ccc(-n2nc(C(C)(C)C)cc2NC(=O)Nc2cccc(CC3CCN(C(=O)c4ccccc4Nc4nc(C)cc(C)n4)CC3)c2)cc1. The largest absolute Gasteiger partial charge is 0.339 e. The number of para-hydroxylation sites is 1. The van der Waals surface area contributed by atoms with Crippen LogP contribution >= 0.6 is 0 Å². The number of nitrogens with zero attached hydrogens (tertiary/aromatic N) is 5. The number of anilines is 4. The Morgan fingerprint density at radius 2 is 1.52 bits per heavy atom. The minimum Gasteiger partial charge on any atom is -0.339 e.